The van der Waals surface area contributed by atoms with Gasteiger partial charge in [0.1, 0.15) is 0 Å². The molecule has 0 spiro atoms. The van der Waals surface area contributed by atoms with Crippen molar-refractivity contribution in [2.24, 2.45) is 0 Å². The van der Waals surface area contributed by atoms with E-state index in [1.807, 2.05) is 0 Å². The van der Waals surface area contributed by atoms with Crippen LogP contribution in [0.2, 0.25) is 0 Å². The molecule has 0 amide bonds. The highest BCUT2D eigenvalue weighted by molar-refractivity contribution is 5.43. The van der Waals surface area contributed by atoms with Gasteiger partial charge in [-0.2, -0.15) is 0 Å². The van der Waals surface area contributed by atoms with Crippen LogP contribution in [-0.2, 0) is 10.8 Å². The minimum Gasteiger partial charge on any atom is -0.124 e. The van der Waals surface area contributed by atoms with Crippen LogP contribution < -0.4 is 0 Å². The first-order chi connectivity index (χ1) is 7.83. The molecule has 1 aliphatic carbocycles. The zero-order valence-electron chi connectivity index (χ0n) is 11.8. The monoisotopic (exact) mass is 228 g/mol. The van der Waals surface area contributed by atoms with E-state index >= 15 is 0 Å². The third-order valence-corrected chi connectivity index (χ3v) is 4.01. The maximum absolute atomic E-state index is 4.00. The van der Waals surface area contributed by atoms with E-state index in [1.165, 1.54) is 18.4 Å². The molecule has 0 N–H and O–H groups in total. The molecule has 1 aliphatic rings. The fourth-order valence-electron chi connectivity index (χ4n) is 2.70. The summed E-state index contributed by atoms with van der Waals surface area (Å²) in [5, 5.41) is 0. The van der Waals surface area contributed by atoms with Gasteiger partial charge >= 0.3 is 0 Å². The summed E-state index contributed by atoms with van der Waals surface area (Å²) in [6.45, 7) is 11.7. The van der Waals surface area contributed by atoms with Crippen molar-refractivity contribution < 1.29 is 0 Å². The Kier molecular flexibility index (Phi) is 3.72. The standard InChI is InChI=1S/C15H22.C2H2/c1-11-6-7-12-13(10-11)15(4,5)9-8-14(12,2)3;1-2/h6-7,10H,8-9H2,1-5H3;1-2H. The van der Waals surface area contributed by atoms with Crippen molar-refractivity contribution in [1.29, 1.82) is 0 Å². The number of hydrogen-bond acceptors (Lipinski definition) is 0. The maximum atomic E-state index is 4.00. The van der Waals surface area contributed by atoms with Gasteiger partial charge < -0.3 is 0 Å². The van der Waals surface area contributed by atoms with Gasteiger partial charge in [-0.15, -0.1) is 12.8 Å². The first kappa shape index (κ1) is 13.8. The summed E-state index contributed by atoms with van der Waals surface area (Å²) in [5.74, 6) is 0. The Morgan fingerprint density at radius 2 is 1.35 bits per heavy atom. The third kappa shape index (κ3) is 2.55. The van der Waals surface area contributed by atoms with Gasteiger partial charge in [0.25, 0.3) is 0 Å². The van der Waals surface area contributed by atoms with Crippen LogP contribution in [-0.4, -0.2) is 0 Å². The molecule has 0 aliphatic heterocycles. The minimum absolute atomic E-state index is 0.358. The Labute approximate surface area is 106 Å². The molecule has 2 rings (SSSR count). The molecule has 0 aromatic heterocycles. The smallest absolute Gasteiger partial charge is 0.0100 e. The lowest BCUT2D eigenvalue weighted by atomic mass is 9.63. The second kappa shape index (κ2) is 4.57. The Morgan fingerprint density at radius 1 is 0.882 bits per heavy atom. The van der Waals surface area contributed by atoms with Crippen LogP contribution in [0.1, 0.15) is 57.2 Å². The Morgan fingerprint density at radius 3 is 1.88 bits per heavy atom. The van der Waals surface area contributed by atoms with Crippen LogP contribution in [0.25, 0.3) is 0 Å². The number of rotatable bonds is 0. The van der Waals surface area contributed by atoms with E-state index in [0.29, 0.717) is 10.8 Å². The van der Waals surface area contributed by atoms with Crippen LogP contribution >= 0.6 is 0 Å². The summed E-state index contributed by atoms with van der Waals surface area (Å²) < 4.78 is 0. The molecule has 0 bridgehead atoms. The Hall–Kier alpha value is -1.22. The van der Waals surface area contributed by atoms with E-state index in [4.69, 9.17) is 0 Å². The van der Waals surface area contributed by atoms with Crippen molar-refractivity contribution in [3.8, 4) is 12.8 Å². The molecular weight excluding hydrogens is 204 g/mol. The van der Waals surface area contributed by atoms with Gasteiger partial charge in [-0.3, -0.25) is 0 Å². The highest BCUT2D eigenvalue weighted by Gasteiger charge is 2.36. The largest absolute Gasteiger partial charge is 0.124 e. The van der Waals surface area contributed by atoms with Gasteiger partial charge in [0.2, 0.25) is 0 Å². The normalized spacial score (nSPS) is 19.7. The lowest BCUT2D eigenvalue weighted by Crippen LogP contribution is -2.33. The van der Waals surface area contributed by atoms with E-state index in [-0.39, 0.29) is 0 Å². The van der Waals surface area contributed by atoms with Crippen molar-refractivity contribution in [2.75, 3.05) is 0 Å². The average molecular weight is 228 g/mol. The summed E-state index contributed by atoms with van der Waals surface area (Å²) in [7, 11) is 0. The fourth-order valence-corrected chi connectivity index (χ4v) is 2.70. The van der Waals surface area contributed by atoms with Gasteiger partial charge in [0.05, 0.1) is 0 Å². The third-order valence-electron chi connectivity index (χ3n) is 4.01. The zero-order valence-corrected chi connectivity index (χ0v) is 11.8. The first-order valence-electron chi connectivity index (χ1n) is 6.28. The van der Waals surface area contributed by atoms with Crippen LogP contribution in [0.15, 0.2) is 18.2 Å². The highest BCUT2D eigenvalue weighted by Crippen LogP contribution is 2.45. The van der Waals surface area contributed by atoms with Crippen molar-refractivity contribution in [3.05, 3.63) is 34.9 Å². The Bertz CT molecular complexity index is 419. The van der Waals surface area contributed by atoms with Crippen LogP contribution in [0.5, 0.6) is 0 Å². The number of aryl methyl sites for hydroxylation is 1. The molecule has 0 unspecified atom stereocenters. The first-order valence-corrected chi connectivity index (χ1v) is 6.28. The second-order valence-electron chi connectivity index (χ2n) is 6.32. The maximum Gasteiger partial charge on any atom is -0.0100 e. The van der Waals surface area contributed by atoms with E-state index < -0.39 is 0 Å². The molecule has 17 heavy (non-hydrogen) atoms. The number of terminal acetylenes is 1. The van der Waals surface area contributed by atoms with E-state index in [0.717, 1.165) is 0 Å². The summed E-state index contributed by atoms with van der Waals surface area (Å²) >= 11 is 0. The number of hydrogen-bond donors (Lipinski definition) is 0. The summed E-state index contributed by atoms with van der Waals surface area (Å²) in [5.41, 5.74) is 5.23. The van der Waals surface area contributed by atoms with Crippen LogP contribution in [0.4, 0.5) is 0 Å². The van der Waals surface area contributed by atoms with Gasteiger partial charge in [0.15, 0.2) is 0 Å². The molecule has 0 atom stereocenters. The summed E-state index contributed by atoms with van der Waals surface area (Å²) in [6, 6.07) is 6.98. The van der Waals surface area contributed by atoms with Gasteiger partial charge in [0, 0.05) is 0 Å². The predicted octanol–water partition coefficient (Wildman–Crippen LogP) is 4.59. The van der Waals surface area contributed by atoms with Crippen molar-refractivity contribution in [1.82, 2.24) is 0 Å². The van der Waals surface area contributed by atoms with E-state index in [9.17, 15) is 0 Å². The lowest BCUT2D eigenvalue weighted by molar-refractivity contribution is 0.331. The molecule has 0 heterocycles. The zero-order chi connectivity index (χ0) is 13.3. The molecule has 0 radical (unpaired) electrons. The fraction of sp³-hybridized carbons (Fsp3) is 0.529. The predicted molar refractivity (Wildman–Crippen MR) is 76.4 cm³/mol. The topological polar surface area (TPSA) is 0 Å². The molecule has 0 nitrogen and oxygen atoms in total. The Balaban J connectivity index is 0.000000686. The van der Waals surface area contributed by atoms with Crippen molar-refractivity contribution in [2.45, 2.75) is 58.3 Å². The van der Waals surface area contributed by atoms with Gasteiger partial charge in [-0.25, -0.2) is 0 Å². The van der Waals surface area contributed by atoms with Crippen LogP contribution in [0.3, 0.4) is 0 Å². The minimum atomic E-state index is 0.358. The lowest BCUT2D eigenvalue weighted by Gasteiger charge is -2.42. The van der Waals surface area contributed by atoms with Gasteiger partial charge in [-0.1, -0.05) is 51.5 Å². The highest BCUT2D eigenvalue weighted by atomic mass is 14.4. The number of benzene rings is 1. The van der Waals surface area contributed by atoms with Crippen LogP contribution in [0, 0.1) is 19.8 Å². The molecule has 0 saturated heterocycles. The molecule has 1 aromatic rings. The molecule has 0 saturated carbocycles. The molecule has 0 fully saturated rings. The van der Waals surface area contributed by atoms with Crippen molar-refractivity contribution >= 4 is 0 Å². The average Bonchev–Trinajstić information content (AvgIpc) is 2.28. The molecule has 92 valence electrons. The van der Waals surface area contributed by atoms with E-state index in [1.54, 1.807) is 11.1 Å². The number of fused-ring (bicyclic) bond motifs is 1. The quantitative estimate of drug-likeness (QED) is 0.570. The molecule has 0 heteroatoms. The van der Waals surface area contributed by atoms with Crippen molar-refractivity contribution in [3.63, 3.8) is 0 Å². The SMILES string of the molecule is C#C.Cc1ccc2c(c1)C(C)(C)CCC2(C)C. The van der Waals surface area contributed by atoms with Gasteiger partial charge in [-0.05, 0) is 41.7 Å². The summed E-state index contributed by atoms with van der Waals surface area (Å²) in [4.78, 5) is 0. The molecule has 1 aromatic carbocycles. The van der Waals surface area contributed by atoms with E-state index in [2.05, 4.69) is 65.7 Å². The summed E-state index contributed by atoms with van der Waals surface area (Å²) in [6.07, 6.45) is 10.6. The molecular formula is C17H24. The second-order valence-corrected chi connectivity index (χ2v) is 6.32.